The third kappa shape index (κ3) is 2.72. The minimum Gasteiger partial charge on any atom is -0.376 e. The van der Waals surface area contributed by atoms with E-state index in [2.05, 4.69) is 30.8 Å². The van der Waals surface area contributed by atoms with Gasteiger partial charge in [-0.3, -0.25) is 4.90 Å². The second kappa shape index (κ2) is 5.87. The Bertz CT molecular complexity index is 266. The average Bonchev–Trinajstić information content (AvgIpc) is 2.74. The van der Waals surface area contributed by atoms with E-state index in [1.54, 1.807) is 0 Å². The van der Waals surface area contributed by atoms with Crippen molar-refractivity contribution in [2.45, 2.75) is 37.8 Å². The number of rotatable bonds is 4. The van der Waals surface area contributed by atoms with Gasteiger partial charge in [0.2, 0.25) is 0 Å². The zero-order valence-corrected chi connectivity index (χ0v) is 12.2. The van der Waals surface area contributed by atoms with E-state index < -0.39 is 0 Å². The van der Waals surface area contributed by atoms with Crippen molar-refractivity contribution in [3.05, 3.63) is 0 Å². The predicted molar refractivity (Wildman–Crippen MR) is 74.7 cm³/mol. The average molecular weight is 255 g/mol. The van der Waals surface area contributed by atoms with E-state index >= 15 is 0 Å². The van der Waals surface area contributed by atoms with Crippen molar-refractivity contribution in [3.63, 3.8) is 0 Å². The first kappa shape index (κ1) is 14.3. The summed E-state index contributed by atoms with van der Waals surface area (Å²) in [6, 6.07) is 0. The standard InChI is InChI=1S/C14H29N3O/c1-12-14(11-15,6-9-18-12)17(3)10-13-4-7-16(2)8-5-13/h12-13H,4-11,15H2,1-3H3. The number of nitrogens with two attached hydrogens (primary N) is 1. The van der Waals surface area contributed by atoms with Crippen molar-refractivity contribution < 1.29 is 4.74 Å². The molecule has 0 aromatic rings. The lowest BCUT2D eigenvalue weighted by atomic mass is 9.88. The molecule has 0 aromatic heterocycles. The van der Waals surface area contributed by atoms with Crippen LogP contribution < -0.4 is 5.73 Å². The lowest BCUT2D eigenvalue weighted by Gasteiger charge is -2.43. The molecule has 2 aliphatic rings. The van der Waals surface area contributed by atoms with Gasteiger partial charge in [0.15, 0.2) is 0 Å². The summed E-state index contributed by atoms with van der Waals surface area (Å²) in [5.74, 6) is 0.822. The van der Waals surface area contributed by atoms with Crippen LogP contribution in [0.1, 0.15) is 26.2 Å². The zero-order chi connectivity index (χ0) is 13.2. The molecule has 0 radical (unpaired) electrons. The molecule has 2 unspecified atom stereocenters. The quantitative estimate of drug-likeness (QED) is 0.805. The van der Waals surface area contributed by atoms with Crippen molar-refractivity contribution in [1.29, 1.82) is 0 Å². The van der Waals surface area contributed by atoms with Crippen molar-refractivity contribution in [2.75, 3.05) is 46.9 Å². The van der Waals surface area contributed by atoms with E-state index in [0.29, 0.717) is 6.54 Å². The maximum atomic E-state index is 6.06. The summed E-state index contributed by atoms with van der Waals surface area (Å²) in [6.45, 7) is 7.37. The van der Waals surface area contributed by atoms with Gasteiger partial charge < -0.3 is 15.4 Å². The molecule has 0 amide bonds. The summed E-state index contributed by atoms with van der Waals surface area (Å²) in [5.41, 5.74) is 6.13. The fourth-order valence-electron chi connectivity index (χ4n) is 3.51. The molecule has 106 valence electrons. The van der Waals surface area contributed by atoms with Crippen LogP contribution in [-0.2, 0) is 4.74 Å². The molecule has 0 bridgehead atoms. The lowest BCUT2D eigenvalue weighted by Crippen LogP contribution is -2.58. The Morgan fingerprint density at radius 2 is 2.06 bits per heavy atom. The van der Waals surface area contributed by atoms with Gasteiger partial charge in [-0.25, -0.2) is 0 Å². The summed E-state index contributed by atoms with van der Waals surface area (Å²) in [7, 11) is 4.45. The largest absolute Gasteiger partial charge is 0.376 e. The van der Waals surface area contributed by atoms with E-state index in [1.165, 1.54) is 32.5 Å². The summed E-state index contributed by atoms with van der Waals surface area (Å²) < 4.78 is 5.76. The van der Waals surface area contributed by atoms with Gasteiger partial charge in [0.1, 0.15) is 0 Å². The normalized spacial score (nSPS) is 35.5. The maximum Gasteiger partial charge on any atom is 0.0743 e. The molecule has 18 heavy (non-hydrogen) atoms. The fourth-order valence-corrected chi connectivity index (χ4v) is 3.51. The first-order valence-corrected chi connectivity index (χ1v) is 7.30. The van der Waals surface area contributed by atoms with Gasteiger partial charge >= 0.3 is 0 Å². The van der Waals surface area contributed by atoms with Gasteiger partial charge in [-0.05, 0) is 59.3 Å². The number of likely N-dealkylation sites (tertiary alicyclic amines) is 1. The number of hydrogen-bond donors (Lipinski definition) is 1. The van der Waals surface area contributed by atoms with E-state index in [1.807, 2.05) is 0 Å². The summed E-state index contributed by atoms with van der Waals surface area (Å²) in [6.07, 6.45) is 3.97. The SMILES string of the molecule is CC1OCCC1(CN)N(C)CC1CCN(C)CC1. The molecule has 0 saturated carbocycles. The van der Waals surface area contributed by atoms with Crippen LogP contribution in [0.2, 0.25) is 0 Å². The smallest absolute Gasteiger partial charge is 0.0743 e. The number of likely N-dealkylation sites (N-methyl/N-ethyl adjacent to an activating group) is 1. The topological polar surface area (TPSA) is 41.7 Å². The molecular weight excluding hydrogens is 226 g/mol. The van der Waals surface area contributed by atoms with E-state index in [0.717, 1.165) is 18.9 Å². The van der Waals surface area contributed by atoms with Crippen LogP contribution in [0.3, 0.4) is 0 Å². The number of nitrogens with zero attached hydrogens (tertiary/aromatic N) is 2. The predicted octanol–water partition coefficient (Wildman–Crippen LogP) is 0.766. The molecule has 2 atom stereocenters. The maximum absolute atomic E-state index is 6.06. The van der Waals surface area contributed by atoms with E-state index in [4.69, 9.17) is 10.5 Å². The molecule has 2 saturated heterocycles. The van der Waals surface area contributed by atoms with E-state index in [9.17, 15) is 0 Å². The Morgan fingerprint density at radius 3 is 2.56 bits per heavy atom. The highest BCUT2D eigenvalue weighted by molar-refractivity contribution is 5.00. The molecule has 2 N–H and O–H groups in total. The van der Waals surface area contributed by atoms with Crippen LogP contribution in [0, 0.1) is 5.92 Å². The van der Waals surface area contributed by atoms with Crippen LogP contribution in [0.15, 0.2) is 0 Å². The van der Waals surface area contributed by atoms with Crippen LogP contribution >= 0.6 is 0 Å². The Morgan fingerprint density at radius 1 is 1.39 bits per heavy atom. The minimum absolute atomic E-state index is 0.0728. The van der Waals surface area contributed by atoms with Crippen LogP contribution in [0.25, 0.3) is 0 Å². The van der Waals surface area contributed by atoms with Crippen molar-refractivity contribution in [3.8, 4) is 0 Å². The van der Waals surface area contributed by atoms with Crippen LogP contribution in [-0.4, -0.2) is 68.3 Å². The fraction of sp³-hybridized carbons (Fsp3) is 1.00. The first-order valence-electron chi connectivity index (χ1n) is 7.30. The van der Waals surface area contributed by atoms with Crippen molar-refractivity contribution in [2.24, 2.45) is 11.7 Å². The molecule has 0 aliphatic carbocycles. The van der Waals surface area contributed by atoms with Crippen molar-refractivity contribution in [1.82, 2.24) is 9.80 Å². The highest BCUT2D eigenvalue weighted by Crippen LogP contribution is 2.32. The molecule has 2 rings (SSSR count). The zero-order valence-electron chi connectivity index (χ0n) is 12.2. The van der Waals surface area contributed by atoms with Gasteiger partial charge in [0.05, 0.1) is 11.6 Å². The Kier molecular flexibility index (Phi) is 4.64. The van der Waals surface area contributed by atoms with Gasteiger partial charge in [-0.1, -0.05) is 0 Å². The molecular formula is C14H29N3O. The van der Waals surface area contributed by atoms with E-state index in [-0.39, 0.29) is 11.6 Å². The first-order chi connectivity index (χ1) is 8.58. The lowest BCUT2D eigenvalue weighted by molar-refractivity contribution is 0.0160. The molecule has 4 nitrogen and oxygen atoms in total. The number of hydrogen-bond acceptors (Lipinski definition) is 4. The van der Waals surface area contributed by atoms with Crippen molar-refractivity contribution >= 4 is 0 Å². The molecule has 0 aromatic carbocycles. The third-order valence-corrected chi connectivity index (χ3v) is 5.14. The monoisotopic (exact) mass is 255 g/mol. The Hall–Kier alpha value is -0.160. The summed E-state index contributed by atoms with van der Waals surface area (Å²) in [5, 5.41) is 0. The van der Waals surface area contributed by atoms with Crippen LogP contribution in [0.5, 0.6) is 0 Å². The highest BCUT2D eigenvalue weighted by atomic mass is 16.5. The molecule has 0 spiro atoms. The Labute approximate surface area is 111 Å². The van der Waals surface area contributed by atoms with Gasteiger partial charge in [-0.15, -0.1) is 0 Å². The summed E-state index contributed by atoms with van der Waals surface area (Å²) in [4.78, 5) is 4.91. The molecule has 4 heteroatoms. The summed E-state index contributed by atoms with van der Waals surface area (Å²) >= 11 is 0. The van der Waals surface area contributed by atoms with Gasteiger partial charge in [0.25, 0.3) is 0 Å². The number of piperidine rings is 1. The Balaban J connectivity index is 1.92. The second-order valence-electron chi connectivity index (χ2n) is 6.20. The highest BCUT2D eigenvalue weighted by Gasteiger charge is 2.44. The van der Waals surface area contributed by atoms with Crippen LogP contribution in [0.4, 0.5) is 0 Å². The molecule has 2 heterocycles. The third-order valence-electron chi connectivity index (χ3n) is 5.14. The second-order valence-corrected chi connectivity index (χ2v) is 6.20. The number of ether oxygens (including phenoxy) is 1. The van der Waals surface area contributed by atoms with Gasteiger partial charge in [-0.2, -0.15) is 0 Å². The molecule has 2 fully saturated rings. The minimum atomic E-state index is 0.0728. The van der Waals surface area contributed by atoms with Gasteiger partial charge in [0, 0.05) is 19.7 Å². The molecule has 2 aliphatic heterocycles.